The third kappa shape index (κ3) is 5.41. The number of nitrogens with one attached hydrogen (secondary N) is 1. The molecule has 0 saturated carbocycles. The van der Waals surface area contributed by atoms with Crippen molar-refractivity contribution in [2.45, 2.75) is 58.4 Å². The molecule has 0 radical (unpaired) electrons. The van der Waals surface area contributed by atoms with Crippen LogP contribution in [0.25, 0.3) is 0 Å². The van der Waals surface area contributed by atoms with Gasteiger partial charge in [-0.15, -0.1) is 0 Å². The lowest BCUT2D eigenvalue weighted by molar-refractivity contribution is -0.121. The number of carbonyl (C=O) groups excluding carboxylic acids is 1. The summed E-state index contributed by atoms with van der Waals surface area (Å²) in [4.78, 5) is 26.3. The molecule has 0 aromatic heterocycles. The maximum atomic E-state index is 12.8. The molecule has 1 fully saturated rings. The number of anilines is 1. The largest absolute Gasteiger partial charge is 0.478 e. The first-order chi connectivity index (χ1) is 14.5. The SMILES string of the molecule is CCCC(NC(=O)Cc1ccc(C(=O)O)cc1)c1c(C)cccc1N1CCCCC1. The summed E-state index contributed by atoms with van der Waals surface area (Å²) in [6.45, 7) is 6.41. The predicted octanol–water partition coefficient (Wildman–Crippen LogP) is 4.88. The van der Waals surface area contributed by atoms with Gasteiger partial charge in [0, 0.05) is 24.3 Å². The Balaban J connectivity index is 1.78. The van der Waals surface area contributed by atoms with Crippen molar-refractivity contribution in [1.82, 2.24) is 5.32 Å². The third-order valence-electron chi connectivity index (χ3n) is 5.82. The summed E-state index contributed by atoms with van der Waals surface area (Å²) in [6, 6.07) is 12.9. The van der Waals surface area contributed by atoms with Crippen LogP contribution in [0.4, 0.5) is 5.69 Å². The average molecular weight is 409 g/mol. The summed E-state index contributed by atoms with van der Waals surface area (Å²) in [5, 5.41) is 12.3. The zero-order valence-electron chi connectivity index (χ0n) is 18.0. The lowest BCUT2D eigenvalue weighted by Crippen LogP contribution is -2.34. The molecule has 5 heteroatoms. The predicted molar refractivity (Wildman–Crippen MR) is 120 cm³/mol. The Kier molecular flexibility index (Phi) is 7.50. The second kappa shape index (κ2) is 10.3. The quantitative estimate of drug-likeness (QED) is 0.653. The summed E-state index contributed by atoms with van der Waals surface area (Å²) in [6.07, 6.45) is 5.81. The number of carboxylic acids is 1. The van der Waals surface area contributed by atoms with Gasteiger partial charge < -0.3 is 15.3 Å². The van der Waals surface area contributed by atoms with Gasteiger partial charge in [-0.25, -0.2) is 4.79 Å². The molecule has 30 heavy (non-hydrogen) atoms. The van der Waals surface area contributed by atoms with Crippen LogP contribution in [0.5, 0.6) is 0 Å². The third-order valence-corrected chi connectivity index (χ3v) is 5.82. The van der Waals surface area contributed by atoms with Gasteiger partial charge in [0.1, 0.15) is 0 Å². The highest BCUT2D eigenvalue weighted by molar-refractivity contribution is 5.87. The molecule has 1 saturated heterocycles. The van der Waals surface area contributed by atoms with Crippen molar-refractivity contribution < 1.29 is 14.7 Å². The van der Waals surface area contributed by atoms with Crippen molar-refractivity contribution in [2.75, 3.05) is 18.0 Å². The zero-order chi connectivity index (χ0) is 21.5. The van der Waals surface area contributed by atoms with Gasteiger partial charge in [0.25, 0.3) is 0 Å². The Bertz CT molecular complexity index is 870. The normalized spacial score (nSPS) is 14.9. The number of carboxylic acid groups (broad SMARTS) is 1. The maximum Gasteiger partial charge on any atom is 0.335 e. The molecule has 5 nitrogen and oxygen atoms in total. The molecule has 1 amide bonds. The Hall–Kier alpha value is -2.82. The Morgan fingerprint density at radius 3 is 2.40 bits per heavy atom. The number of aryl methyl sites for hydroxylation is 1. The summed E-state index contributed by atoms with van der Waals surface area (Å²) in [5.74, 6) is -0.997. The van der Waals surface area contributed by atoms with Crippen LogP contribution in [-0.4, -0.2) is 30.1 Å². The van der Waals surface area contributed by atoms with Crippen molar-refractivity contribution in [3.05, 3.63) is 64.7 Å². The molecule has 1 atom stereocenters. The number of rotatable bonds is 8. The van der Waals surface area contributed by atoms with Crippen LogP contribution in [0.3, 0.4) is 0 Å². The van der Waals surface area contributed by atoms with Gasteiger partial charge in [0.2, 0.25) is 5.91 Å². The average Bonchev–Trinajstić information content (AvgIpc) is 2.74. The number of hydrogen-bond donors (Lipinski definition) is 2. The summed E-state index contributed by atoms with van der Waals surface area (Å²) in [5.41, 5.74) is 4.74. The Labute approximate surface area is 179 Å². The topological polar surface area (TPSA) is 69.6 Å². The molecule has 160 valence electrons. The van der Waals surface area contributed by atoms with E-state index < -0.39 is 5.97 Å². The lowest BCUT2D eigenvalue weighted by atomic mass is 9.94. The molecule has 3 rings (SSSR count). The fourth-order valence-corrected chi connectivity index (χ4v) is 4.30. The number of nitrogens with zero attached hydrogens (tertiary/aromatic N) is 1. The van der Waals surface area contributed by atoms with Crippen molar-refractivity contribution >= 4 is 17.6 Å². The van der Waals surface area contributed by atoms with Gasteiger partial charge in [-0.3, -0.25) is 4.79 Å². The highest BCUT2D eigenvalue weighted by Crippen LogP contribution is 2.33. The second-order valence-electron chi connectivity index (χ2n) is 8.14. The van der Waals surface area contributed by atoms with Crippen LogP contribution in [-0.2, 0) is 11.2 Å². The minimum Gasteiger partial charge on any atom is -0.478 e. The fourth-order valence-electron chi connectivity index (χ4n) is 4.30. The first-order valence-corrected chi connectivity index (χ1v) is 11.0. The number of amides is 1. The van der Waals surface area contributed by atoms with Gasteiger partial charge in [-0.05, 0) is 61.9 Å². The molecule has 1 unspecified atom stereocenters. The highest BCUT2D eigenvalue weighted by Gasteiger charge is 2.23. The molecular weight excluding hydrogens is 376 g/mol. The van der Waals surface area contributed by atoms with E-state index in [9.17, 15) is 9.59 Å². The molecular formula is C25H32N2O3. The molecule has 1 aliphatic heterocycles. The van der Waals surface area contributed by atoms with E-state index in [1.807, 2.05) is 0 Å². The van der Waals surface area contributed by atoms with E-state index in [4.69, 9.17) is 5.11 Å². The van der Waals surface area contributed by atoms with Crippen molar-refractivity contribution in [1.29, 1.82) is 0 Å². The Morgan fingerprint density at radius 1 is 1.07 bits per heavy atom. The zero-order valence-corrected chi connectivity index (χ0v) is 18.0. The van der Waals surface area contributed by atoms with E-state index in [1.165, 1.54) is 36.1 Å². The van der Waals surface area contributed by atoms with Gasteiger partial charge in [0.05, 0.1) is 18.0 Å². The monoisotopic (exact) mass is 408 g/mol. The van der Waals surface area contributed by atoms with Crippen LogP contribution in [0.15, 0.2) is 42.5 Å². The summed E-state index contributed by atoms with van der Waals surface area (Å²) >= 11 is 0. The molecule has 1 aliphatic rings. The number of benzene rings is 2. The first-order valence-electron chi connectivity index (χ1n) is 11.0. The van der Waals surface area contributed by atoms with Crippen LogP contribution >= 0.6 is 0 Å². The molecule has 0 spiro atoms. The van der Waals surface area contributed by atoms with E-state index in [1.54, 1.807) is 24.3 Å². The number of piperidine rings is 1. The number of aromatic carboxylic acids is 1. The van der Waals surface area contributed by atoms with E-state index in [2.05, 4.69) is 42.3 Å². The van der Waals surface area contributed by atoms with Crippen molar-refractivity contribution in [2.24, 2.45) is 0 Å². The molecule has 2 aromatic rings. The molecule has 2 aromatic carbocycles. The van der Waals surface area contributed by atoms with Crippen LogP contribution in [0.2, 0.25) is 0 Å². The van der Waals surface area contributed by atoms with Crippen molar-refractivity contribution in [3.8, 4) is 0 Å². The fraction of sp³-hybridized carbons (Fsp3) is 0.440. The maximum absolute atomic E-state index is 12.8. The van der Waals surface area contributed by atoms with Crippen LogP contribution in [0, 0.1) is 6.92 Å². The highest BCUT2D eigenvalue weighted by atomic mass is 16.4. The molecule has 0 aliphatic carbocycles. The summed E-state index contributed by atoms with van der Waals surface area (Å²) < 4.78 is 0. The summed E-state index contributed by atoms with van der Waals surface area (Å²) in [7, 11) is 0. The van der Waals surface area contributed by atoms with E-state index in [0.717, 1.165) is 31.5 Å². The smallest absolute Gasteiger partial charge is 0.335 e. The van der Waals surface area contributed by atoms with E-state index in [0.29, 0.717) is 0 Å². The minimum atomic E-state index is -0.959. The number of hydrogen-bond acceptors (Lipinski definition) is 3. The van der Waals surface area contributed by atoms with E-state index in [-0.39, 0.29) is 23.9 Å². The lowest BCUT2D eigenvalue weighted by Gasteiger charge is -2.33. The van der Waals surface area contributed by atoms with Crippen molar-refractivity contribution in [3.63, 3.8) is 0 Å². The molecule has 1 heterocycles. The van der Waals surface area contributed by atoms with Crippen LogP contribution < -0.4 is 10.2 Å². The van der Waals surface area contributed by atoms with Gasteiger partial charge >= 0.3 is 5.97 Å². The van der Waals surface area contributed by atoms with Crippen LogP contribution in [0.1, 0.15) is 72.1 Å². The second-order valence-corrected chi connectivity index (χ2v) is 8.14. The molecule has 2 N–H and O–H groups in total. The Morgan fingerprint density at radius 2 is 1.77 bits per heavy atom. The minimum absolute atomic E-state index is 0.0288. The van der Waals surface area contributed by atoms with Gasteiger partial charge in [-0.2, -0.15) is 0 Å². The van der Waals surface area contributed by atoms with E-state index >= 15 is 0 Å². The van der Waals surface area contributed by atoms with Gasteiger partial charge in [0.15, 0.2) is 0 Å². The first kappa shape index (κ1) is 21.9. The molecule has 0 bridgehead atoms. The number of carbonyl (C=O) groups is 2. The van der Waals surface area contributed by atoms with Gasteiger partial charge in [-0.1, -0.05) is 37.6 Å². The standard InChI is InChI=1S/C25H32N2O3/c1-3-8-21(26-23(28)17-19-11-13-20(14-12-19)25(29)30)24-18(2)9-7-10-22(24)27-15-5-4-6-16-27/h7,9-14,21H,3-6,8,15-17H2,1-2H3,(H,26,28)(H,29,30).